The Morgan fingerprint density at radius 2 is 1.72 bits per heavy atom. The molecule has 0 unspecified atom stereocenters. The van der Waals surface area contributed by atoms with Crippen molar-refractivity contribution >= 4 is 17.8 Å². The second-order valence-corrected chi connectivity index (χ2v) is 4.92. The number of rotatable bonds is 3. The molecule has 0 radical (unpaired) electrons. The maximum absolute atomic E-state index is 11.8. The molecule has 2 fully saturated rings. The van der Waals surface area contributed by atoms with Gasteiger partial charge >= 0.3 is 5.97 Å². The van der Waals surface area contributed by atoms with Crippen molar-refractivity contribution in [2.45, 2.75) is 51.0 Å². The highest BCUT2D eigenvalue weighted by Crippen LogP contribution is 2.26. The summed E-state index contributed by atoms with van der Waals surface area (Å²) >= 11 is 0. The summed E-state index contributed by atoms with van der Waals surface area (Å²) in [7, 11) is 0. The topological polar surface area (TPSA) is 89.7 Å². The Morgan fingerprint density at radius 1 is 1.17 bits per heavy atom. The number of nitrogens with zero attached hydrogens (tertiary/aromatic N) is 1. The first kappa shape index (κ1) is 13.0. The fourth-order valence-corrected chi connectivity index (χ4v) is 2.49. The monoisotopic (exact) mass is 254 g/mol. The lowest BCUT2D eigenvalue weighted by Gasteiger charge is -2.26. The van der Waals surface area contributed by atoms with Crippen LogP contribution in [0.5, 0.6) is 0 Å². The van der Waals surface area contributed by atoms with Gasteiger partial charge in [0.05, 0.1) is 0 Å². The predicted octanol–water partition coefficient (Wildman–Crippen LogP) is 0.501. The molecule has 2 rings (SSSR count). The van der Waals surface area contributed by atoms with Crippen LogP contribution in [0.3, 0.4) is 0 Å². The van der Waals surface area contributed by atoms with Gasteiger partial charge in [0, 0.05) is 12.8 Å². The molecule has 18 heavy (non-hydrogen) atoms. The summed E-state index contributed by atoms with van der Waals surface area (Å²) in [6.07, 6.45) is 5.30. The van der Waals surface area contributed by atoms with E-state index in [9.17, 15) is 14.4 Å². The third-order valence-electron chi connectivity index (χ3n) is 3.62. The smallest absolute Gasteiger partial charge is 0.329 e. The van der Waals surface area contributed by atoms with E-state index >= 15 is 0 Å². The van der Waals surface area contributed by atoms with Crippen LogP contribution in [-0.4, -0.2) is 28.9 Å². The minimum atomic E-state index is -0.744. The Balaban J connectivity index is 1.90. The lowest BCUT2D eigenvalue weighted by Crippen LogP contribution is -2.44. The minimum absolute atomic E-state index is 0.0963. The van der Waals surface area contributed by atoms with Crippen molar-refractivity contribution in [2.75, 3.05) is 0 Å². The highest BCUT2D eigenvalue weighted by molar-refractivity contribution is 6.01. The normalized spacial score (nSPS) is 23.3. The van der Waals surface area contributed by atoms with Crippen LogP contribution in [0.15, 0.2) is 0 Å². The van der Waals surface area contributed by atoms with Gasteiger partial charge in [0.2, 0.25) is 0 Å². The number of imide groups is 1. The molecule has 1 saturated carbocycles. The summed E-state index contributed by atoms with van der Waals surface area (Å²) in [6, 6.07) is -0.744. The standard InChI is InChI=1S/C12H18N2O4/c13-11(8-4-2-1-3-5-8)12(17)18-14-9(15)6-7-10(14)16/h8,11H,1-7,13H2/t11-/m0/s1. The Bertz CT molecular complexity index is 347. The second kappa shape index (κ2) is 5.48. The molecule has 0 aromatic rings. The van der Waals surface area contributed by atoms with E-state index in [4.69, 9.17) is 10.6 Å². The van der Waals surface area contributed by atoms with Gasteiger partial charge in [0.15, 0.2) is 0 Å². The quantitative estimate of drug-likeness (QED) is 0.741. The minimum Gasteiger partial charge on any atom is -0.329 e. The van der Waals surface area contributed by atoms with E-state index < -0.39 is 23.8 Å². The van der Waals surface area contributed by atoms with Gasteiger partial charge in [-0.1, -0.05) is 19.3 Å². The number of hydrogen-bond acceptors (Lipinski definition) is 5. The maximum Gasteiger partial charge on any atom is 0.349 e. The van der Waals surface area contributed by atoms with Crippen molar-refractivity contribution in [1.82, 2.24) is 5.06 Å². The van der Waals surface area contributed by atoms with Gasteiger partial charge in [0.25, 0.3) is 11.8 Å². The van der Waals surface area contributed by atoms with E-state index in [2.05, 4.69) is 0 Å². The van der Waals surface area contributed by atoms with Crippen LogP contribution in [-0.2, 0) is 19.2 Å². The molecule has 1 aliphatic heterocycles. The molecule has 0 aromatic heterocycles. The summed E-state index contributed by atoms with van der Waals surface area (Å²) in [5, 5.41) is 0.561. The van der Waals surface area contributed by atoms with Crippen molar-refractivity contribution < 1.29 is 19.2 Å². The van der Waals surface area contributed by atoms with Gasteiger partial charge in [-0.25, -0.2) is 4.79 Å². The zero-order valence-electron chi connectivity index (χ0n) is 10.3. The number of carbonyl (C=O) groups is 3. The molecule has 1 atom stereocenters. The molecular formula is C12H18N2O4. The first-order chi connectivity index (χ1) is 8.59. The van der Waals surface area contributed by atoms with Crippen LogP contribution in [0.1, 0.15) is 44.9 Å². The van der Waals surface area contributed by atoms with Crippen molar-refractivity contribution in [1.29, 1.82) is 0 Å². The lowest BCUT2D eigenvalue weighted by atomic mass is 9.84. The van der Waals surface area contributed by atoms with Crippen molar-refractivity contribution in [2.24, 2.45) is 11.7 Å². The molecule has 2 N–H and O–H groups in total. The number of amides is 2. The molecule has 100 valence electrons. The molecule has 0 aromatic carbocycles. The first-order valence-corrected chi connectivity index (χ1v) is 6.43. The highest BCUT2D eigenvalue weighted by Gasteiger charge is 2.36. The first-order valence-electron chi connectivity index (χ1n) is 6.43. The Hall–Kier alpha value is -1.43. The summed E-state index contributed by atoms with van der Waals surface area (Å²) in [5.41, 5.74) is 5.84. The molecule has 6 nitrogen and oxygen atoms in total. The third-order valence-corrected chi connectivity index (χ3v) is 3.62. The molecule has 0 spiro atoms. The maximum atomic E-state index is 11.8. The van der Waals surface area contributed by atoms with Crippen LogP contribution in [0.2, 0.25) is 0 Å². The number of nitrogens with two attached hydrogens (primary N) is 1. The lowest BCUT2D eigenvalue weighted by molar-refractivity contribution is -0.199. The van der Waals surface area contributed by atoms with Crippen molar-refractivity contribution in [3.8, 4) is 0 Å². The van der Waals surface area contributed by atoms with Gasteiger partial charge < -0.3 is 10.6 Å². The van der Waals surface area contributed by atoms with Crippen LogP contribution in [0.25, 0.3) is 0 Å². The number of hydrogen-bond donors (Lipinski definition) is 1. The Labute approximate surface area is 105 Å². The fraction of sp³-hybridized carbons (Fsp3) is 0.750. The van der Waals surface area contributed by atoms with Crippen molar-refractivity contribution in [3.63, 3.8) is 0 Å². The second-order valence-electron chi connectivity index (χ2n) is 4.92. The summed E-state index contributed by atoms with van der Waals surface area (Å²) in [6.45, 7) is 0. The van der Waals surface area contributed by atoms with E-state index in [1.807, 2.05) is 0 Å². The van der Waals surface area contributed by atoms with Crippen molar-refractivity contribution in [3.05, 3.63) is 0 Å². The van der Waals surface area contributed by atoms with Gasteiger partial charge in [-0.05, 0) is 18.8 Å². The molecular weight excluding hydrogens is 236 g/mol. The molecule has 0 bridgehead atoms. The van der Waals surface area contributed by atoms with Crippen LogP contribution in [0, 0.1) is 5.92 Å². The number of carbonyl (C=O) groups excluding carboxylic acids is 3. The molecule has 1 aliphatic carbocycles. The van der Waals surface area contributed by atoms with E-state index in [1.54, 1.807) is 0 Å². The SMILES string of the molecule is N[C@H](C(=O)ON1C(=O)CCC1=O)C1CCCCC1. The van der Waals surface area contributed by atoms with Gasteiger partial charge in [-0.15, -0.1) is 5.06 Å². The average Bonchev–Trinajstić information content (AvgIpc) is 2.70. The van der Waals surface area contributed by atoms with E-state index in [0.717, 1.165) is 25.7 Å². The van der Waals surface area contributed by atoms with Crippen LogP contribution < -0.4 is 5.73 Å². The fourth-order valence-electron chi connectivity index (χ4n) is 2.49. The average molecular weight is 254 g/mol. The highest BCUT2D eigenvalue weighted by atomic mass is 16.7. The van der Waals surface area contributed by atoms with Crippen LogP contribution in [0.4, 0.5) is 0 Å². The largest absolute Gasteiger partial charge is 0.349 e. The summed E-state index contributed by atoms with van der Waals surface area (Å²) < 4.78 is 0. The van der Waals surface area contributed by atoms with E-state index in [0.29, 0.717) is 5.06 Å². The zero-order valence-corrected chi connectivity index (χ0v) is 10.3. The van der Waals surface area contributed by atoms with E-state index in [1.165, 1.54) is 6.42 Å². The Morgan fingerprint density at radius 3 is 2.28 bits per heavy atom. The van der Waals surface area contributed by atoms with Crippen LogP contribution >= 0.6 is 0 Å². The number of hydroxylamine groups is 2. The predicted molar refractivity (Wildman–Crippen MR) is 61.7 cm³/mol. The molecule has 2 amide bonds. The van der Waals surface area contributed by atoms with Gasteiger partial charge in [0.1, 0.15) is 6.04 Å². The molecule has 1 saturated heterocycles. The summed E-state index contributed by atoms with van der Waals surface area (Å²) in [4.78, 5) is 39.2. The van der Waals surface area contributed by atoms with Gasteiger partial charge in [-0.3, -0.25) is 9.59 Å². The van der Waals surface area contributed by atoms with E-state index in [-0.39, 0.29) is 18.8 Å². The molecule has 6 heteroatoms. The third kappa shape index (κ3) is 2.69. The molecule has 1 heterocycles. The van der Waals surface area contributed by atoms with Gasteiger partial charge in [-0.2, -0.15) is 0 Å². The summed E-state index contributed by atoms with van der Waals surface area (Å²) in [5.74, 6) is -1.52. The Kier molecular flexibility index (Phi) is 3.96. The zero-order chi connectivity index (χ0) is 13.1. The molecule has 2 aliphatic rings.